The Hall–Kier alpha value is -3.30. The predicted molar refractivity (Wildman–Crippen MR) is 128 cm³/mol. The quantitative estimate of drug-likeness (QED) is 0.462. The van der Waals surface area contributed by atoms with Gasteiger partial charge in [-0.05, 0) is 60.9 Å². The van der Waals surface area contributed by atoms with Crippen LogP contribution in [-0.4, -0.2) is 34.0 Å². The van der Waals surface area contributed by atoms with Crippen LogP contribution in [0.3, 0.4) is 0 Å². The number of thioether (sulfide) groups is 1. The largest absolute Gasteiger partial charge is 0.490 e. The maximum atomic E-state index is 13.3. The van der Waals surface area contributed by atoms with E-state index in [1.54, 1.807) is 30.1 Å². The van der Waals surface area contributed by atoms with Gasteiger partial charge in [-0.25, -0.2) is 4.98 Å². The molecule has 2 aliphatic rings. The third-order valence-corrected chi connectivity index (χ3v) is 7.43. The fourth-order valence-corrected chi connectivity index (χ4v) is 5.69. The molecule has 166 valence electrons. The molecular formula is C27H25N3O2S. The van der Waals surface area contributed by atoms with Crippen molar-refractivity contribution in [1.82, 2.24) is 9.88 Å². The molecule has 2 aliphatic heterocycles. The lowest BCUT2D eigenvalue weighted by Crippen LogP contribution is -2.49. The first kappa shape index (κ1) is 21.5. The molecule has 0 spiro atoms. The Bertz CT molecular complexity index is 1150. The minimum absolute atomic E-state index is 0.0755. The smallest absolute Gasteiger partial charge is 0.254 e. The molecule has 2 bridgehead atoms. The highest BCUT2D eigenvalue weighted by Gasteiger charge is 2.44. The molecule has 6 heteroatoms. The summed E-state index contributed by atoms with van der Waals surface area (Å²) in [6.07, 6.45) is 5.58. The van der Waals surface area contributed by atoms with Gasteiger partial charge in [-0.2, -0.15) is 5.26 Å². The summed E-state index contributed by atoms with van der Waals surface area (Å²) in [5.41, 5.74) is 2.53. The number of rotatable bonds is 6. The van der Waals surface area contributed by atoms with E-state index < -0.39 is 0 Å². The lowest BCUT2D eigenvalue weighted by atomic mass is 9.98. The van der Waals surface area contributed by atoms with Crippen molar-refractivity contribution in [1.29, 1.82) is 5.26 Å². The highest BCUT2D eigenvalue weighted by Crippen LogP contribution is 2.38. The third kappa shape index (κ3) is 4.89. The van der Waals surface area contributed by atoms with Gasteiger partial charge >= 0.3 is 0 Å². The Morgan fingerprint density at radius 2 is 1.85 bits per heavy atom. The number of ether oxygens (including phenoxy) is 1. The number of pyridine rings is 1. The van der Waals surface area contributed by atoms with Crippen LogP contribution in [0.4, 0.5) is 0 Å². The van der Waals surface area contributed by atoms with E-state index in [4.69, 9.17) is 10.00 Å². The number of carbonyl (C=O) groups is 1. The summed E-state index contributed by atoms with van der Waals surface area (Å²) < 4.78 is 6.20. The zero-order chi connectivity index (χ0) is 22.6. The Labute approximate surface area is 198 Å². The molecule has 2 fully saturated rings. The first-order chi connectivity index (χ1) is 16.2. The molecule has 0 radical (unpaired) electrons. The zero-order valence-electron chi connectivity index (χ0n) is 18.3. The van der Waals surface area contributed by atoms with E-state index in [0.717, 1.165) is 47.8 Å². The molecule has 1 amide bonds. The molecule has 2 atom stereocenters. The van der Waals surface area contributed by atoms with Crippen molar-refractivity contribution in [3.8, 4) is 11.8 Å². The van der Waals surface area contributed by atoms with Crippen LogP contribution in [-0.2, 0) is 5.75 Å². The van der Waals surface area contributed by atoms with Gasteiger partial charge in [-0.3, -0.25) is 4.79 Å². The maximum Gasteiger partial charge on any atom is 0.254 e. The fourth-order valence-electron chi connectivity index (χ4n) is 4.87. The number of hydrogen-bond acceptors (Lipinski definition) is 5. The molecule has 33 heavy (non-hydrogen) atoms. The standard InChI is InChI=1S/C27H25N3O2S/c28-17-20-4-3-5-24(14-20)32-25-15-22-11-12-23(16-25)30(22)27(31)21-9-7-19(8-10-21)18-33-26-6-1-2-13-29-26/h1-10,13-14,22-23,25H,11-12,15-16,18H2. The van der Waals surface area contributed by atoms with Crippen molar-refractivity contribution in [3.63, 3.8) is 0 Å². The monoisotopic (exact) mass is 455 g/mol. The second kappa shape index (κ2) is 9.68. The number of aromatic nitrogens is 1. The van der Waals surface area contributed by atoms with Crippen molar-refractivity contribution in [3.05, 3.63) is 89.6 Å². The molecule has 0 aliphatic carbocycles. The minimum Gasteiger partial charge on any atom is -0.490 e. The van der Waals surface area contributed by atoms with Gasteiger partial charge in [0.2, 0.25) is 0 Å². The van der Waals surface area contributed by atoms with E-state index >= 15 is 0 Å². The number of amides is 1. The lowest BCUT2D eigenvalue weighted by molar-refractivity contribution is 0.0359. The summed E-state index contributed by atoms with van der Waals surface area (Å²) in [7, 11) is 0. The zero-order valence-corrected chi connectivity index (χ0v) is 19.1. The number of piperidine rings is 1. The third-order valence-electron chi connectivity index (χ3n) is 6.42. The SMILES string of the molecule is N#Cc1cccc(OC2CC3CCC(C2)N3C(=O)c2ccc(CSc3ccccn3)cc2)c1. The lowest BCUT2D eigenvalue weighted by Gasteiger charge is -2.39. The van der Waals surface area contributed by atoms with Gasteiger partial charge < -0.3 is 9.64 Å². The molecule has 5 rings (SSSR count). The Balaban J connectivity index is 1.20. The average Bonchev–Trinajstić information content (AvgIpc) is 3.13. The van der Waals surface area contributed by atoms with E-state index in [-0.39, 0.29) is 24.1 Å². The predicted octanol–water partition coefficient (Wildman–Crippen LogP) is 5.46. The van der Waals surface area contributed by atoms with Crippen LogP contribution in [0.15, 0.2) is 78.0 Å². The maximum absolute atomic E-state index is 13.3. The first-order valence-electron chi connectivity index (χ1n) is 11.3. The van der Waals surface area contributed by atoms with Gasteiger partial charge in [-0.1, -0.05) is 24.3 Å². The van der Waals surface area contributed by atoms with Crippen LogP contribution in [0.25, 0.3) is 0 Å². The summed E-state index contributed by atoms with van der Waals surface area (Å²) in [4.78, 5) is 19.8. The van der Waals surface area contributed by atoms with Crippen LogP contribution in [0.5, 0.6) is 5.75 Å². The van der Waals surface area contributed by atoms with Gasteiger partial charge in [-0.15, -0.1) is 11.8 Å². The second-order valence-corrected chi connectivity index (χ2v) is 9.60. The molecule has 3 aromatic rings. The van der Waals surface area contributed by atoms with Crippen molar-refractivity contribution in [2.75, 3.05) is 0 Å². The normalized spacial score (nSPS) is 21.4. The van der Waals surface area contributed by atoms with E-state index in [2.05, 4.69) is 16.0 Å². The summed E-state index contributed by atoms with van der Waals surface area (Å²) >= 11 is 1.69. The van der Waals surface area contributed by atoms with Crippen LogP contribution in [0.2, 0.25) is 0 Å². The van der Waals surface area contributed by atoms with E-state index in [9.17, 15) is 4.79 Å². The molecule has 1 aromatic heterocycles. The Kier molecular flexibility index (Phi) is 6.32. The van der Waals surface area contributed by atoms with Gasteiger partial charge in [0.1, 0.15) is 11.9 Å². The van der Waals surface area contributed by atoms with Gasteiger partial charge in [0.25, 0.3) is 5.91 Å². The van der Waals surface area contributed by atoms with Gasteiger partial charge in [0.05, 0.1) is 16.7 Å². The summed E-state index contributed by atoms with van der Waals surface area (Å²) in [5.74, 6) is 1.68. The van der Waals surface area contributed by atoms with Crippen molar-refractivity contribution in [2.24, 2.45) is 0 Å². The van der Waals surface area contributed by atoms with Crippen LogP contribution in [0, 0.1) is 11.3 Å². The van der Waals surface area contributed by atoms with Gasteiger partial charge in [0, 0.05) is 42.4 Å². The minimum atomic E-state index is 0.0755. The van der Waals surface area contributed by atoms with Gasteiger partial charge in [0.15, 0.2) is 0 Å². The van der Waals surface area contributed by atoms with Crippen LogP contribution < -0.4 is 4.74 Å². The molecule has 5 nitrogen and oxygen atoms in total. The topological polar surface area (TPSA) is 66.2 Å². The Morgan fingerprint density at radius 3 is 2.55 bits per heavy atom. The van der Waals surface area contributed by atoms with Crippen molar-refractivity contribution >= 4 is 17.7 Å². The molecule has 0 N–H and O–H groups in total. The van der Waals surface area contributed by atoms with Crippen molar-refractivity contribution in [2.45, 2.75) is 54.6 Å². The highest BCUT2D eigenvalue weighted by atomic mass is 32.2. The van der Waals surface area contributed by atoms with Crippen molar-refractivity contribution < 1.29 is 9.53 Å². The number of nitrogens with zero attached hydrogens (tertiary/aromatic N) is 3. The molecule has 3 heterocycles. The number of hydrogen-bond donors (Lipinski definition) is 0. The van der Waals surface area contributed by atoms with E-state index in [1.165, 1.54) is 5.56 Å². The number of benzene rings is 2. The molecule has 2 saturated heterocycles. The number of nitriles is 1. The van der Waals surface area contributed by atoms with E-state index in [0.29, 0.717) is 5.56 Å². The molecule has 2 unspecified atom stereocenters. The fraction of sp³-hybridized carbons (Fsp3) is 0.296. The summed E-state index contributed by atoms with van der Waals surface area (Å²) in [6.45, 7) is 0. The average molecular weight is 456 g/mol. The van der Waals surface area contributed by atoms with Crippen LogP contribution in [0.1, 0.15) is 47.2 Å². The van der Waals surface area contributed by atoms with Crippen LogP contribution >= 0.6 is 11.8 Å². The van der Waals surface area contributed by atoms with E-state index in [1.807, 2.05) is 54.6 Å². The summed E-state index contributed by atoms with van der Waals surface area (Å²) in [6, 6.07) is 23.8. The second-order valence-electron chi connectivity index (χ2n) is 8.60. The molecular weight excluding hydrogens is 430 g/mol. The molecule has 0 saturated carbocycles. The highest BCUT2D eigenvalue weighted by molar-refractivity contribution is 7.98. The number of carbonyl (C=O) groups excluding carboxylic acids is 1. The Morgan fingerprint density at radius 1 is 1.06 bits per heavy atom. The number of fused-ring (bicyclic) bond motifs is 2. The molecule has 2 aromatic carbocycles. The first-order valence-corrected chi connectivity index (χ1v) is 12.3. The summed E-state index contributed by atoms with van der Waals surface area (Å²) in [5, 5.41) is 10.1.